The Balaban J connectivity index is 0.000001000. The van der Waals surface area contributed by atoms with Crippen LogP contribution >= 0.6 is 12.4 Å². The molecule has 1 atom stereocenters. The Kier molecular flexibility index (Phi) is 5.24. The second-order valence-electron chi connectivity index (χ2n) is 2.57. The van der Waals surface area contributed by atoms with Gasteiger partial charge in [0.15, 0.2) is 0 Å². The summed E-state index contributed by atoms with van der Waals surface area (Å²) in [4.78, 5) is 10.9. The van der Waals surface area contributed by atoms with Crippen LogP contribution < -0.4 is 5.32 Å². The van der Waals surface area contributed by atoms with Gasteiger partial charge in [-0.05, 0) is 19.4 Å². The molecule has 4 heteroatoms. The van der Waals surface area contributed by atoms with Gasteiger partial charge in [0.05, 0.1) is 13.0 Å². The van der Waals surface area contributed by atoms with E-state index in [1.54, 1.807) is 0 Å². The highest BCUT2D eigenvalue weighted by Gasteiger charge is 2.20. The van der Waals surface area contributed by atoms with Gasteiger partial charge < -0.3 is 10.1 Å². The van der Waals surface area contributed by atoms with Crippen LogP contribution in [0.3, 0.4) is 0 Å². The number of methoxy groups -OCH3 is 1. The Labute approximate surface area is 72.9 Å². The summed E-state index contributed by atoms with van der Waals surface area (Å²) in [6.07, 6.45) is 2.05. The molecule has 1 aliphatic rings. The Morgan fingerprint density at radius 2 is 2.36 bits per heavy atom. The van der Waals surface area contributed by atoms with Crippen molar-refractivity contribution >= 4 is 18.4 Å². The Morgan fingerprint density at radius 3 is 2.82 bits per heavy atom. The van der Waals surface area contributed by atoms with Crippen molar-refractivity contribution in [2.24, 2.45) is 5.92 Å². The van der Waals surface area contributed by atoms with Crippen LogP contribution in [0, 0.1) is 5.92 Å². The molecule has 0 aliphatic carbocycles. The van der Waals surface area contributed by atoms with Crippen molar-refractivity contribution in [2.45, 2.75) is 12.8 Å². The zero-order valence-electron chi connectivity index (χ0n) is 6.63. The van der Waals surface area contributed by atoms with Gasteiger partial charge in [-0.25, -0.2) is 0 Å². The van der Waals surface area contributed by atoms with Gasteiger partial charge in [0.1, 0.15) is 0 Å². The van der Waals surface area contributed by atoms with E-state index in [1.807, 2.05) is 0 Å². The minimum absolute atomic E-state index is 0. The summed E-state index contributed by atoms with van der Waals surface area (Å²) in [6, 6.07) is 0. The van der Waals surface area contributed by atoms with Crippen molar-refractivity contribution in [1.29, 1.82) is 0 Å². The van der Waals surface area contributed by atoms with Gasteiger partial charge in [-0.1, -0.05) is 0 Å². The molecule has 1 N–H and O–H groups in total. The first-order chi connectivity index (χ1) is 4.84. The number of carbonyl (C=O) groups excluding carboxylic acids is 1. The molecule has 11 heavy (non-hydrogen) atoms. The summed E-state index contributed by atoms with van der Waals surface area (Å²) < 4.78 is 4.61. The molecule has 0 aromatic rings. The van der Waals surface area contributed by atoms with E-state index >= 15 is 0 Å². The van der Waals surface area contributed by atoms with Gasteiger partial charge >= 0.3 is 5.97 Å². The second kappa shape index (κ2) is 5.38. The maximum atomic E-state index is 10.9. The molecule has 1 unspecified atom stereocenters. The van der Waals surface area contributed by atoms with Gasteiger partial charge in [-0.2, -0.15) is 0 Å². The van der Waals surface area contributed by atoms with Crippen molar-refractivity contribution in [1.82, 2.24) is 5.32 Å². The highest BCUT2D eigenvalue weighted by atomic mass is 35.5. The minimum Gasteiger partial charge on any atom is -0.469 e. The van der Waals surface area contributed by atoms with Crippen LogP contribution in [0.2, 0.25) is 0 Å². The molecular formula is C7H14ClNO2. The zero-order valence-corrected chi connectivity index (χ0v) is 7.45. The van der Waals surface area contributed by atoms with Gasteiger partial charge in [-0.3, -0.25) is 4.79 Å². The van der Waals surface area contributed by atoms with Gasteiger partial charge in [0.2, 0.25) is 0 Å². The van der Waals surface area contributed by atoms with Crippen LogP contribution in [0.4, 0.5) is 0 Å². The summed E-state index contributed by atoms with van der Waals surface area (Å²) >= 11 is 0. The number of rotatable bonds is 1. The van der Waals surface area contributed by atoms with Crippen molar-refractivity contribution in [2.75, 3.05) is 20.2 Å². The first-order valence-electron chi connectivity index (χ1n) is 3.63. The number of halogens is 1. The zero-order chi connectivity index (χ0) is 7.40. The molecule has 0 saturated carbocycles. The lowest BCUT2D eigenvalue weighted by atomic mass is 10.0. The maximum Gasteiger partial charge on any atom is 0.309 e. The van der Waals surface area contributed by atoms with Gasteiger partial charge in [-0.15, -0.1) is 12.4 Å². The molecular weight excluding hydrogens is 166 g/mol. The molecule has 0 spiro atoms. The van der Waals surface area contributed by atoms with E-state index in [-0.39, 0.29) is 24.3 Å². The van der Waals surface area contributed by atoms with Crippen LogP contribution in [0.15, 0.2) is 0 Å². The van der Waals surface area contributed by atoms with Gasteiger partial charge in [0.25, 0.3) is 0 Å². The van der Waals surface area contributed by atoms with Gasteiger partial charge in [0, 0.05) is 6.54 Å². The van der Waals surface area contributed by atoms with Crippen molar-refractivity contribution in [3.8, 4) is 0 Å². The molecule has 0 bridgehead atoms. The third kappa shape index (κ3) is 3.08. The fourth-order valence-electron chi connectivity index (χ4n) is 1.22. The molecule has 0 aromatic carbocycles. The number of hydrogen-bond donors (Lipinski definition) is 1. The van der Waals surface area contributed by atoms with Crippen LogP contribution in [0.25, 0.3) is 0 Å². The molecule has 1 rings (SSSR count). The smallest absolute Gasteiger partial charge is 0.309 e. The number of carbonyl (C=O) groups is 1. The third-order valence-electron chi connectivity index (χ3n) is 1.83. The fourth-order valence-corrected chi connectivity index (χ4v) is 1.22. The van der Waals surface area contributed by atoms with Crippen LogP contribution in [0.5, 0.6) is 0 Å². The van der Waals surface area contributed by atoms with Crippen molar-refractivity contribution in [3.63, 3.8) is 0 Å². The van der Waals surface area contributed by atoms with E-state index < -0.39 is 0 Å². The molecule has 1 heterocycles. The van der Waals surface area contributed by atoms with E-state index in [2.05, 4.69) is 10.1 Å². The van der Waals surface area contributed by atoms with E-state index in [0.29, 0.717) is 0 Å². The molecule has 66 valence electrons. The summed E-state index contributed by atoms with van der Waals surface area (Å²) in [6.45, 7) is 1.82. The molecule has 1 aliphatic heterocycles. The topological polar surface area (TPSA) is 38.3 Å². The molecule has 0 aromatic heterocycles. The Hall–Kier alpha value is -0.280. The van der Waals surface area contributed by atoms with E-state index in [1.165, 1.54) is 7.11 Å². The molecule has 0 radical (unpaired) electrons. The van der Waals surface area contributed by atoms with Crippen molar-refractivity contribution < 1.29 is 9.53 Å². The quantitative estimate of drug-likeness (QED) is 0.599. The standard InChI is InChI=1S/C7H13NO2.ClH/c1-10-7(9)6-3-2-4-8-5-6;/h6,8H,2-5H2,1H3;1H. The minimum atomic E-state index is -0.0767. The third-order valence-corrected chi connectivity index (χ3v) is 1.83. The lowest BCUT2D eigenvalue weighted by Crippen LogP contribution is -2.34. The summed E-state index contributed by atoms with van der Waals surface area (Å²) in [5.74, 6) is 0.0194. The molecule has 1 saturated heterocycles. The Bertz CT molecular complexity index is 124. The largest absolute Gasteiger partial charge is 0.469 e. The van der Waals surface area contributed by atoms with Crippen LogP contribution in [0.1, 0.15) is 12.8 Å². The number of piperidine rings is 1. The summed E-state index contributed by atoms with van der Waals surface area (Å²) in [5.41, 5.74) is 0. The van der Waals surface area contributed by atoms with E-state index in [0.717, 1.165) is 25.9 Å². The van der Waals surface area contributed by atoms with Crippen LogP contribution in [-0.4, -0.2) is 26.2 Å². The monoisotopic (exact) mass is 179 g/mol. The number of ether oxygens (including phenoxy) is 1. The SMILES string of the molecule is COC(=O)C1CCCNC1.Cl. The molecule has 1 fully saturated rings. The average Bonchev–Trinajstić information content (AvgIpc) is 2.05. The highest BCUT2D eigenvalue weighted by molar-refractivity contribution is 5.85. The second-order valence-corrected chi connectivity index (χ2v) is 2.57. The normalized spacial score (nSPS) is 23.5. The average molecular weight is 180 g/mol. The van der Waals surface area contributed by atoms with E-state index in [9.17, 15) is 4.79 Å². The fraction of sp³-hybridized carbons (Fsp3) is 0.857. The lowest BCUT2D eigenvalue weighted by molar-refractivity contribution is -0.145. The number of hydrogen-bond acceptors (Lipinski definition) is 3. The number of nitrogens with one attached hydrogen (secondary N) is 1. The van der Waals surface area contributed by atoms with Crippen molar-refractivity contribution in [3.05, 3.63) is 0 Å². The first kappa shape index (κ1) is 10.7. The number of esters is 1. The Morgan fingerprint density at radius 1 is 1.64 bits per heavy atom. The molecule has 0 amide bonds. The predicted molar refractivity (Wildman–Crippen MR) is 44.9 cm³/mol. The highest BCUT2D eigenvalue weighted by Crippen LogP contribution is 2.10. The van der Waals surface area contributed by atoms with E-state index in [4.69, 9.17) is 0 Å². The van der Waals surface area contributed by atoms with Crippen LogP contribution in [-0.2, 0) is 9.53 Å². The summed E-state index contributed by atoms with van der Waals surface area (Å²) in [7, 11) is 1.44. The predicted octanol–water partition coefficient (Wildman–Crippen LogP) is 0.581. The summed E-state index contributed by atoms with van der Waals surface area (Å²) in [5, 5.41) is 3.15. The molecule has 3 nitrogen and oxygen atoms in total. The first-order valence-corrected chi connectivity index (χ1v) is 3.63. The maximum absolute atomic E-state index is 10.9. The lowest BCUT2D eigenvalue weighted by Gasteiger charge is -2.19.